The minimum absolute atomic E-state index is 0.0195. The number of aromatic nitrogens is 1. The third kappa shape index (κ3) is 4.03. The van der Waals surface area contributed by atoms with E-state index in [1.54, 1.807) is 43.4 Å². The summed E-state index contributed by atoms with van der Waals surface area (Å²) in [6.07, 6.45) is 1.89. The van der Waals surface area contributed by atoms with Crippen molar-refractivity contribution >= 4 is 44.2 Å². The van der Waals surface area contributed by atoms with Crippen LogP contribution in [0, 0.1) is 0 Å². The molecule has 1 unspecified atom stereocenters. The fourth-order valence-electron chi connectivity index (χ4n) is 3.41. The van der Waals surface area contributed by atoms with Crippen LogP contribution in [0.3, 0.4) is 0 Å². The molecule has 0 radical (unpaired) electrons. The molecule has 29 heavy (non-hydrogen) atoms. The van der Waals surface area contributed by atoms with E-state index in [4.69, 9.17) is 30.8 Å². The largest absolute Gasteiger partial charge is 0.495 e. The second-order valence-corrected chi connectivity index (χ2v) is 8.12. The number of ether oxygens (including phenoxy) is 3. The van der Waals surface area contributed by atoms with Gasteiger partial charge in [-0.3, -0.25) is 9.69 Å². The summed E-state index contributed by atoms with van der Waals surface area (Å²) < 4.78 is 17.6. The van der Waals surface area contributed by atoms with E-state index >= 15 is 0 Å². The normalized spacial score (nSPS) is 16.2. The summed E-state index contributed by atoms with van der Waals surface area (Å²) in [5.74, 6) is 1.16. The fourth-order valence-corrected chi connectivity index (χ4v) is 4.68. The average Bonchev–Trinajstić information content (AvgIpc) is 3.40. The Balaban J connectivity index is 1.79. The number of carbonyl (C=O) groups excluding carboxylic acids is 1. The molecule has 2 aromatic carbocycles. The standard InChI is InChI=1S/C21H21ClN2O4S/c1-26-16-8-9-17(27-2)19-18(16)23-21(29-19)24(12-15-7-4-10-28-15)20(25)13-5-3-6-14(22)11-13/h3,5-6,8-9,11,15H,4,7,10,12H2,1-2H3. The van der Waals surface area contributed by atoms with Gasteiger partial charge in [0, 0.05) is 17.2 Å². The Morgan fingerprint density at radius 3 is 2.76 bits per heavy atom. The number of benzene rings is 2. The highest BCUT2D eigenvalue weighted by molar-refractivity contribution is 7.22. The Bertz CT molecular complexity index is 992. The van der Waals surface area contributed by atoms with Gasteiger partial charge < -0.3 is 14.2 Å². The predicted molar refractivity (Wildman–Crippen MR) is 115 cm³/mol. The number of nitrogens with zero attached hydrogens (tertiary/aromatic N) is 2. The lowest BCUT2D eigenvalue weighted by atomic mass is 10.2. The number of methoxy groups -OCH3 is 2. The maximum atomic E-state index is 13.4. The third-order valence-electron chi connectivity index (χ3n) is 4.86. The van der Waals surface area contributed by atoms with E-state index in [2.05, 4.69) is 0 Å². The Hall–Kier alpha value is -2.35. The molecular weight excluding hydrogens is 412 g/mol. The molecule has 0 aliphatic carbocycles. The summed E-state index contributed by atoms with van der Waals surface area (Å²) in [4.78, 5) is 19.8. The van der Waals surface area contributed by atoms with Gasteiger partial charge in [-0.25, -0.2) is 4.98 Å². The molecule has 1 aliphatic rings. The molecule has 0 bridgehead atoms. The van der Waals surface area contributed by atoms with Gasteiger partial charge in [0.05, 0.1) is 26.9 Å². The van der Waals surface area contributed by atoms with E-state index in [0.717, 1.165) is 17.5 Å². The van der Waals surface area contributed by atoms with Gasteiger partial charge in [-0.05, 0) is 43.2 Å². The number of amides is 1. The van der Waals surface area contributed by atoms with E-state index < -0.39 is 0 Å². The maximum Gasteiger partial charge on any atom is 0.260 e. The lowest BCUT2D eigenvalue weighted by molar-refractivity contribution is 0.0917. The highest BCUT2D eigenvalue weighted by Gasteiger charge is 2.28. The lowest BCUT2D eigenvalue weighted by Crippen LogP contribution is -2.37. The second-order valence-electron chi connectivity index (χ2n) is 6.71. The molecule has 3 aromatic rings. The van der Waals surface area contributed by atoms with Gasteiger partial charge in [0.1, 0.15) is 21.7 Å². The minimum Gasteiger partial charge on any atom is -0.495 e. The first-order valence-corrected chi connectivity index (χ1v) is 10.5. The lowest BCUT2D eigenvalue weighted by Gasteiger charge is -2.23. The molecule has 6 nitrogen and oxygen atoms in total. The molecule has 0 spiro atoms. The monoisotopic (exact) mass is 432 g/mol. The SMILES string of the molecule is COc1ccc(OC)c2sc(N(CC3CCCO3)C(=O)c3cccc(Cl)c3)nc12. The topological polar surface area (TPSA) is 60.9 Å². The van der Waals surface area contributed by atoms with Crippen molar-refractivity contribution in [2.24, 2.45) is 0 Å². The molecule has 2 heterocycles. The number of hydrogen-bond donors (Lipinski definition) is 0. The van der Waals surface area contributed by atoms with Gasteiger partial charge in [0.2, 0.25) is 0 Å². The molecule has 1 aromatic heterocycles. The molecule has 1 amide bonds. The van der Waals surface area contributed by atoms with E-state index in [1.165, 1.54) is 11.3 Å². The average molecular weight is 433 g/mol. The van der Waals surface area contributed by atoms with Crippen LogP contribution in [-0.2, 0) is 4.74 Å². The first kappa shape index (κ1) is 19.9. The number of halogens is 1. The van der Waals surface area contributed by atoms with Gasteiger partial charge in [-0.1, -0.05) is 29.0 Å². The van der Waals surface area contributed by atoms with E-state index in [-0.39, 0.29) is 12.0 Å². The minimum atomic E-state index is -0.167. The van der Waals surface area contributed by atoms with Crippen molar-refractivity contribution in [1.29, 1.82) is 0 Å². The zero-order valence-corrected chi connectivity index (χ0v) is 17.8. The van der Waals surface area contributed by atoms with Crippen LogP contribution in [0.4, 0.5) is 5.13 Å². The van der Waals surface area contributed by atoms with Crippen molar-refractivity contribution in [3.8, 4) is 11.5 Å². The fraction of sp³-hybridized carbons (Fsp3) is 0.333. The van der Waals surface area contributed by atoms with Crippen LogP contribution < -0.4 is 14.4 Å². The first-order valence-electron chi connectivity index (χ1n) is 9.31. The molecule has 1 aliphatic heterocycles. The molecule has 1 fully saturated rings. The van der Waals surface area contributed by atoms with E-state index in [9.17, 15) is 4.79 Å². The summed E-state index contributed by atoms with van der Waals surface area (Å²) in [5, 5.41) is 1.09. The van der Waals surface area contributed by atoms with Crippen molar-refractivity contribution in [3.05, 3.63) is 47.0 Å². The van der Waals surface area contributed by atoms with Crippen LogP contribution in [-0.4, -0.2) is 44.4 Å². The van der Waals surface area contributed by atoms with E-state index in [1.807, 2.05) is 12.1 Å². The van der Waals surface area contributed by atoms with Gasteiger partial charge in [0.25, 0.3) is 5.91 Å². The molecule has 0 N–H and O–H groups in total. The van der Waals surface area contributed by atoms with Crippen molar-refractivity contribution in [2.45, 2.75) is 18.9 Å². The van der Waals surface area contributed by atoms with Crippen molar-refractivity contribution < 1.29 is 19.0 Å². The number of rotatable bonds is 6. The van der Waals surface area contributed by atoms with Crippen LogP contribution in [0.25, 0.3) is 10.2 Å². The summed E-state index contributed by atoms with van der Waals surface area (Å²) in [6.45, 7) is 1.14. The number of fused-ring (bicyclic) bond motifs is 1. The quantitative estimate of drug-likeness (QED) is 0.560. The van der Waals surface area contributed by atoms with Gasteiger partial charge >= 0.3 is 0 Å². The number of hydrogen-bond acceptors (Lipinski definition) is 6. The Morgan fingerprint density at radius 1 is 1.28 bits per heavy atom. The highest BCUT2D eigenvalue weighted by atomic mass is 35.5. The molecule has 8 heteroatoms. The smallest absolute Gasteiger partial charge is 0.260 e. The number of thiazole rings is 1. The van der Waals surface area contributed by atoms with Crippen molar-refractivity contribution in [2.75, 3.05) is 32.3 Å². The highest BCUT2D eigenvalue weighted by Crippen LogP contribution is 2.40. The van der Waals surface area contributed by atoms with Crippen molar-refractivity contribution in [3.63, 3.8) is 0 Å². The molecule has 4 rings (SSSR count). The molecule has 0 saturated carbocycles. The predicted octanol–water partition coefficient (Wildman–Crippen LogP) is 4.79. The van der Waals surface area contributed by atoms with E-state index in [0.29, 0.717) is 45.9 Å². The summed E-state index contributed by atoms with van der Waals surface area (Å²) >= 11 is 7.51. The van der Waals surface area contributed by atoms with Crippen LogP contribution in [0.2, 0.25) is 5.02 Å². The number of anilines is 1. The van der Waals surface area contributed by atoms with Crippen LogP contribution in [0.15, 0.2) is 36.4 Å². The summed E-state index contributed by atoms with van der Waals surface area (Å²) in [6, 6.07) is 10.6. The zero-order valence-electron chi connectivity index (χ0n) is 16.2. The van der Waals surface area contributed by atoms with Crippen LogP contribution in [0.1, 0.15) is 23.2 Å². The van der Waals surface area contributed by atoms with Gasteiger partial charge in [-0.15, -0.1) is 0 Å². The van der Waals surface area contributed by atoms with Gasteiger partial charge in [0.15, 0.2) is 5.13 Å². The Kier molecular flexibility index (Phi) is 5.89. The molecule has 1 atom stereocenters. The van der Waals surface area contributed by atoms with Crippen LogP contribution in [0.5, 0.6) is 11.5 Å². The molecule has 1 saturated heterocycles. The zero-order chi connectivity index (χ0) is 20.4. The molecule has 152 valence electrons. The van der Waals surface area contributed by atoms with Gasteiger partial charge in [-0.2, -0.15) is 0 Å². The number of carbonyl (C=O) groups is 1. The summed E-state index contributed by atoms with van der Waals surface area (Å²) in [5.41, 5.74) is 1.18. The third-order valence-corrected chi connectivity index (χ3v) is 6.18. The maximum absolute atomic E-state index is 13.4. The first-order chi connectivity index (χ1) is 14.1. The molecular formula is C21H21ClN2O4S. The Morgan fingerprint density at radius 2 is 2.07 bits per heavy atom. The summed E-state index contributed by atoms with van der Waals surface area (Å²) in [7, 11) is 3.21. The van der Waals surface area contributed by atoms with Crippen molar-refractivity contribution in [1.82, 2.24) is 4.98 Å². The second kappa shape index (κ2) is 8.57. The van der Waals surface area contributed by atoms with Crippen LogP contribution >= 0.6 is 22.9 Å². The Labute approximate surface area is 178 Å².